The third kappa shape index (κ3) is 3.23. The zero-order valence-corrected chi connectivity index (χ0v) is 14.6. The molecule has 3 aromatic rings. The molecule has 0 radical (unpaired) electrons. The molecule has 1 fully saturated rings. The second-order valence-corrected chi connectivity index (χ2v) is 6.47. The van der Waals surface area contributed by atoms with Gasteiger partial charge in [0, 0.05) is 12.7 Å². The molecule has 2 aromatic heterocycles. The fourth-order valence-corrected chi connectivity index (χ4v) is 3.51. The summed E-state index contributed by atoms with van der Waals surface area (Å²) >= 11 is 0. The molecule has 0 spiro atoms. The van der Waals surface area contributed by atoms with E-state index in [1.54, 1.807) is 27.6 Å². The van der Waals surface area contributed by atoms with E-state index in [0.717, 1.165) is 12.0 Å². The highest BCUT2D eigenvalue weighted by Crippen LogP contribution is 2.33. The topological polar surface area (TPSA) is 84.1 Å². The smallest absolute Gasteiger partial charge is 0.410 e. The Morgan fingerprint density at radius 2 is 1.93 bits per heavy atom. The third-order valence-corrected chi connectivity index (χ3v) is 4.77. The van der Waals surface area contributed by atoms with Crippen molar-refractivity contribution in [1.29, 1.82) is 0 Å². The molecule has 1 saturated heterocycles. The van der Waals surface area contributed by atoms with Crippen molar-refractivity contribution in [3.63, 3.8) is 0 Å². The van der Waals surface area contributed by atoms with E-state index in [1.807, 2.05) is 36.4 Å². The first-order valence-electron chi connectivity index (χ1n) is 8.83. The second kappa shape index (κ2) is 7.11. The number of aromatic carboxylic acids is 1. The largest absolute Gasteiger partial charge is 0.476 e. The number of likely N-dealkylation sites (tertiary alicyclic amines) is 1. The Balaban J connectivity index is 1.59. The maximum Gasteiger partial charge on any atom is 0.410 e. The van der Waals surface area contributed by atoms with E-state index >= 15 is 0 Å². The summed E-state index contributed by atoms with van der Waals surface area (Å²) in [6, 6.07) is 14.5. The van der Waals surface area contributed by atoms with Crippen molar-refractivity contribution in [3.8, 4) is 0 Å². The van der Waals surface area contributed by atoms with Gasteiger partial charge in [0.25, 0.3) is 0 Å². The van der Waals surface area contributed by atoms with E-state index in [-0.39, 0.29) is 18.3 Å². The number of hydrogen-bond donors (Lipinski definition) is 1. The van der Waals surface area contributed by atoms with Crippen LogP contribution in [0.4, 0.5) is 4.79 Å². The van der Waals surface area contributed by atoms with Crippen LogP contribution >= 0.6 is 0 Å². The average Bonchev–Trinajstić information content (AvgIpc) is 3.31. The second-order valence-electron chi connectivity index (χ2n) is 6.47. The van der Waals surface area contributed by atoms with Gasteiger partial charge in [0.15, 0.2) is 5.69 Å². The van der Waals surface area contributed by atoms with Crippen LogP contribution in [0.15, 0.2) is 54.7 Å². The maximum absolute atomic E-state index is 12.6. The molecular formula is C20H19N3O4. The van der Waals surface area contributed by atoms with Crippen LogP contribution in [0.2, 0.25) is 0 Å². The number of aromatic nitrogens is 2. The van der Waals surface area contributed by atoms with Crippen LogP contribution in [0.3, 0.4) is 0 Å². The Bertz CT molecular complexity index is 983. The van der Waals surface area contributed by atoms with Crippen molar-refractivity contribution in [1.82, 2.24) is 14.3 Å². The van der Waals surface area contributed by atoms with Crippen LogP contribution in [0.5, 0.6) is 0 Å². The number of pyridine rings is 1. The number of carboxylic acid groups (broad SMARTS) is 1. The van der Waals surface area contributed by atoms with E-state index in [0.29, 0.717) is 24.3 Å². The standard InChI is InChI=1S/C20H19N3O4/c24-19(25)17-15-9-4-5-11-22(15)18(21-17)16-10-6-12-23(16)20(26)27-13-14-7-2-1-3-8-14/h1-5,7-9,11,16H,6,10,12-13H2,(H,24,25). The van der Waals surface area contributed by atoms with Gasteiger partial charge in [0.2, 0.25) is 0 Å². The van der Waals surface area contributed by atoms with Gasteiger partial charge in [0.05, 0.1) is 11.6 Å². The Hall–Kier alpha value is -3.35. The number of amides is 1. The van der Waals surface area contributed by atoms with Gasteiger partial charge in [-0.15, -0.1) is 0 Å². The Labute approximate surface area is 155 Å². The van der Waals surface area contributed by atoms with Crippen LogP contribution in [0, 0.1) is 0 Å². The molecule has 138 valence electrons. The number of fused-ring (bicyclic) bond motifs is 1. The summed E-state index contributed by atoms with van der Waals surface area (Å²) in [6.07, 6.45) is 2.89. The van der Waals surface area contributed by atoms with Gasteiger partial charge in [0.1, 0.15) is 12.4 Å². The van der Waals surface area contributed by atoms with Crippen LogP contribution in [-0.4, -0.2) is 38.0 Å². The van der Waals surface area contributed by atoms with Crippen LogP contribution in [0.25, 0.3) is 5.52 Å². The van der Waals surface area contributed by atoms with Crippen molar-refractivity contribution in [3.05, 3.63) is 71.8 Å². The monoisotopic (exact) mass is 365 g/mol. The molecule has 1 aromatic carbocycles. The van der Waals surface area contributed by atoms with E-state index in [1.165, 1.54) is 0 Å². The van der Waals surface area contributed by atoms with E-state index in [4.69, 9.17) is 4.74 Å². The fourth-order valence-electron chi connectivity index (χ4n) is 3.51. The average molecular weight is 365 g/mol. The van der Waals surface area contributed by atoms with Gasteiger partial charge in [-0.25, -0.2) is 14.6 Å². The predicted octanol–water partition coefficient (Wildman–Crippen LogP) is 3.51. The lowest BCUT2D eigenvalue weighted by Gasteiger charge is -2.23. The summed E-state index contributed by atoms with van der Waals surface area (Å²) in [5, 5.41) is 9.44. The lowest BCUT2D eigenvalue weighted by molar-refractivity contribution is 0.0693. The number of carboxylic acids is 1. The number of hydrogen-bond acceptors (Lipinski definition) is 4. The highest BCUT2D eigenvalue weighted by Gasteiger charge is 2.35. The first-order chi connectivity index (χ1) is 13.1. The normalized spacial score (nSPS) is 16.6. The molecule has 1 aliphatic rings. The first-order valence-corrected chi connectivity index (χ1v) is 8.83. The molecular weight excluding hydrogens is 346 g/mol. The van der Waals surface area contributed by atoms with Crippen molar-refractivity contribution >= 4 is 17.6 Å². The molecule has 1 unspecified atom stereocenters. The predicted molar refractivity (Wildman–Crippen MR) is 97.5 cm³/mol. The molecule has 7 heteroatoms. The van der Waals surface area contributed by atoms with Crippen molar-refractivity contribution in [2.24, 2.45) is 0 Å². The number of nitrogens with zero attached hydrogens (tertiary/aromatic N) is 3. The van der Waals surface area contributed by atoms with Gasteiger partial charge in [-0.1, -0.05) is 36.4 Å². The number of rotatable bonds is 4. The third-order valence-electron chi connectivity index (χ3n) is 4.77. The summed E-state index contributed by atoms with van der Waals surface area (Å²) in [5.41, 5.74) is 1.43. The van der Waals surface area contributed by atoms with Gasteiger partial charge >= 0.3 is 12.1 Å². The van der Waals surface area contributed by atoms with Crippen molar-refractivity contribution < 1.29 is 19.4 Å². The molecule has 1 atom stereocenters. The zero-order valence-electron chi connectivity index (χ0n) is 14.6. The number of benzene rings is 1. The first kappa shape index (κ1) is 17.1. The molecule has 3 heterocycles. The quantitative estimate of drug-likeness (QED) is 0.765. The lowest BCUT2D eigenvalue weighted by Crippen LogP contribution is -2.32. The summed E-state index contributed by atoms with van der Waals surface area (Å²) < 4.78 is 7.21. The van der Waals surface area contributed by atoms with Crippen LogP contribution in [0.1, 0.15) is 40.8 Å². The minimum absolute atomic E-state index is 0.00453. The van der Waals surface area contributed by atoms with Crippen molar-refractivity contribution in [2.45, 2.75) is 25.5 Å². The fraction of sp³-hybridized carbons (Fsp3) is 0.250. The van der Waals surface area contributed by atoms with Gasteiger partial charge in [-0.2, -0.15) is 0 Å². The molecule has 4 rings (SSSR count). The summed E-state index contributed by atoms with van der Waals surface area (Å²) in [4.78, 5) is 30.1. The maximum atomic E-state index is 12.6. The number of imidazole rings is 1. The lowest BCUT2D eigenvalue weighted by atomic mass is 10.2. The minimum Gasteiger partial charge on any atom is -0.476 e. The van der Waals surface area contributed by atoms with E-state index in [2.05, 4.69) is 4.98 Å². The SMILES string of the molecule is O=C(O)c1nc(C2CCCN2C(=O)OCc2ccccc2)n2ccccc12. The minimum atomic E-state index is -1.08. The van der Waals surface area contributed by atoms with Crippen LogP contribution in [-0.2, 0) is 11.3 Å². The molecule has 0 aliphatic carbocycles. The number of carbonyl (C=O) groups is 2. The van der Waals surface area contributed by atoms with Crippen LogP contribution < -0.4 is 0 Å². The Morgan fingerprint density at radius 1 is 1.15 bits per heavy atom. The molecule has 1 aliphatic heterocycles. The molecule has 1 amide bonds. The zero-order chi connectivity index (χ0) is 18.8. The summed E-state index contributed by atoms with van der Waals surface area (Å²) in [5.74, 6) is -0.529. The molecule has 7 nitrogen and oxygen atoms in total. The highest BCUT2D eigenvalue weighted by molar-refractivity contribution is 5.93. The van der Waals surface area contributed by atoms with E-state index in [9.17, 15) is 14.7 Å². The molecule has 1 N–H and O–H groups in total. The van der Waals surface area contributed by atoms with Gasteiger partial charge in [-0.3, -0.25) is 4.90 Å². The van der Waals surface area contributed by atoms with Crippen molar-refractivity contribution in [2.75, 3.05) is 6.54 Å². The van der Waals surface area contributed by atoms with Gasteiger partial charge < -0.3 is 14.2 Å². The number of ether oxygens (including phenoxy) is 1. The van der Waals surface area contributed by atoms with E-state index < -0.39 is 12.1 Å². The Morgan fingerprint density at radius 3 is 2.70 bits per heavy atom. The number of carbonyl (C=O) groups excluding carboxylic acids is 1. The Kier molecular flexibility index (Phi) is 4.50. The molecule has 0 bridgehead atoms. The molecule has 27 heavy (non-hydrogen) atoms. The van der Waals surface area contributed by atoms with Gasteiger partial charge in [-0.05, 0) is 30.5 Å². The molecule has 0 saturated carbocycles. The summed E-state index contributed by atoms with van der Waals surface area (Å²) in [6.45, 7) is 0.758. The summed E-state index contributed by atoms with van der Waals surface area (Å²) in [7, 11) is 0. The highest BCUT2D eigenvalue weighted by atomic mass is 16.6.